The summed E-state index contributed by atoms with van der Waals surface area (Å²) in [5.41, 5.74) is -0.357. The van der Waals surface area contributed by atoms with Gasteiger partial charge in [-0.3, -0.25) is 4.79 Å². The molecule has 0 radical (unpaired) electrons. The second-order valence-electron chi connectivity index (χ2n) is 7.94. The Hall–Kier alpha value is -0.530. The lowest BCUT2D eigenvalue weighted by Gasteiger charge is -2.43. The average Bonchev–Trinajstić information content (AvgIpc) is 2.56. The largest absolute Gasteiger partial charge is 0.481 e. The van der Waals surface area contributed by atoms with E-state index in [0.717, 1.165) is 31.6 Å². The van der Waals surface area contributed by atoms with Crippen LogP contribution in [0.15, 0.2) is 0 Å². The van der Waals surface area contributed by atoms with E-state index < -0.39 is 5.97 Å². The molecule has 2 heteroatoms. The molecule has 0 aromatic heterocycles. The van der Waals surface area contributed by atoms with E-state index in [1.165, 1.54) is 70.6 Å². The molecule has 0 saturated heterocycles. The Morgan fingerprint density at radius 1 is 0.955 bits per heavy atom. The third-order valence-electron chi connectivity index (χ3n) is 6.52. The van der Waals surface area contributed by atoms with Crippen LogP contribution in [0.5, 0.6) is 0 Å². The summed E-state index contributed by atoms with van der Waals surface area (Å²) >= 11 is 0. The Morgan fingerprint density at radius 3 is 2.18 bits per heavy atom. The van der Waals surface area contributed by atoms with Gasteiger partial charge in [0, 0.05) is 0 Å². The first-order valence-corrected chi connectivity index (χ1v) is 9.92. The van der Waals surface area contributed by atoms with Gasteiger partial charge < -0.3 is 5.11 Å². The third kappa shape index (κ3) is 4.49. The topological polar surface area (TPSA) is 37.3 Å². The van der Waals surface area contributed by atoms with E-state index in [1.54, 1.807) is 0 Å². The van der Waals surface area contributed by atoms with Gasteiger partial charge in [-0.2, -0.15) is 0 Å². The number of hydrogen-bond donors (Lipinski definition) is 1. The lowest BCUT2D eigenvalue weighted by atomic mass is 9.60. The zero-order valence-electron chi connectivity index (χ0n) is 14.6. The molecule has 0 bridgehead atoms. The van der Waals surface area contributed by atoms with Crippen LogP contribution < -0.4 is 0 Å². The van der Waals surface area contributed by atoms with Gasteiger partial charge in [0.15, 0.2) is 0 Å². The normalized spacial score (nSPS) is 28.4. The van der Waals surface area contributed by atoms with Crippen molar-refractivity contribution in [2.24, 2.45) is 17.3 Å². The molecule has 128 valence electrons. The summed E-state index contributed by atoms with van der Waals surface area (Å²) in [5.74, 6) is 0.851. The van der Waals surface area contributed by atoms with Gasteiger partial charge in [0.1, 0.15) is 0 Å². The zero-order chi connectivity index (χ0) is 15.8. The van der Waals surface area contributed by atoms with Crippen molar-refractivity contribution in [2.45, 2.75) is 103 Å². The SMILES string of the molecule is CCCCCCCC1CCC(C2(C(=O)O)CCCCC2)CC1. The number of carboxylic acids is 1. The summed E-state index contributed by atoms with van der Waals surface area (Å²) in [6.45, 7) is 2.27. The van der Waals surface area contributed by atoms with E-state index >= 15 is 0 Å². The van der Waals surface area contributed by atoms with Gasteiger partial charge in [0.05, 0.1) is 5.41 Å². The van der Waals surface area contributed by atoms with Gasteiger partial charge >= 0.3 is 5.97 Å². The summed E-state index contributed by atoms with van der Waals surface area (Å²) < 4.78 is 0. The van der Waals surface area contributed by atoms with Crippen LogP contribution in [0.4, 0.5) is 0 Å². The molecule has 0 aliphatic heterocycles. The highest BCUT2D eigenvalue weighted by Crippen LogP contribution is 2.49. The molecule has 2 nitrogen and oxygen atoms in total. The van der Waals surface area contributed by atoms with Crippen molar-refractivity contribution < 1.29 is 9.90 Å². The van der Waals surface area contributed by atoms with Crippen molar-refractivity contribution in [3.05, 3.63) is 0 Å². The summed E-state index contributed by atoms with van der Waals surface area (Å²) in [5, 5.41) is 9.83. The Bertz CT molecular complexity index is 323. The van der Waals surface area contributed by atoms with Crippen molar-refractivity contribution in [2.75, 3.05) is 0 Å². The summed E-state index contributed by atoms with van der Waals surface area (Å²) in [4.78, 5) is 11.9. The fourth-order valence-electron chi connectivity index (χ4n) is 5.02. The van der Waals surface area contributed by atoms with E-state index in [9.17, 15) is 9.90 Å². The van der Waals surface area contributed by atoms with E-state index in [2.05, 4.69) is 6.92 Å². The predicted molar refractivity (Wildman–Crippen MR) is 92.0 cm³/mol. The van der Waals surface area contributed by atoms with Gasteiger partial charge in [-0.15, -0.1) is 0 Å². The minimum atomic E-state index is -0.491. The van der Waals surface area contributed by atoms with Crippen LogP contribution in [0.25, 0.3) is 0 Å². The van der Waals surface area contributed by atoms with Crippen LogP contribution in [0.1, 0.15) is 103 Å². The number of unbranched alkanes of at least 4 members (excludes halogenated alkanes) is 4. The highest BCUT2D eigenvalue weighted by atomic mass is 16.4. The molecular weight excluding hydrogens is 272 g/mol. The maximum atomic E-state index is 11.9. The van der Waals surface area contributed by atoms with Gasteiger partial charge in [-0.25, -0.2) is 0 Å². The van der Waals surface area contributed by atoms with Crippen molar-refractivity contribution in [1.82, 2.24) is 0 Å². The summed E-state index contributed by atoms with van der Waals surface area (Å²) in [6.07, 6.45) is 18.6. The van der Waals surface area contributed by atoms with Crippen molar-refractivity contribution in [3.63, 3.8) is 0 Å². The first-order chi connectivity index (χ1) is 10.7. The smallest absolute Gasteiger partial charge is 0.309 e. The second-order valence-corrected chi connectivity index (χ2v) is 7.94. The van der Waals surface area contributed by atoms with Crippen LogP contribution >= 0.6 is 0 Å². The Morgan fingerprint density at radius 2 is 1.59 bits per heavy atom. The molecule has 22 heavy (non-hydrogen) atoms. The van der Waals surface area contributed by atoms with E-state index in [1.807, 2.05) is 0 Å². The maximum absolute atomic E-state index is 11.9. The molecule has 2 aliphatic rings. The van der Waals surface area contributed by atoms with Crippen LogP contribution in [0.3, 0.4) is 0 Å². The minimum Gasteiger partial charge on any atom is -0.481 e. The Balaban J connectivity index is 1.74. The van der Waals surface area contributed by atoms with Gasteiger partial charge in [0.25, 0.3) is 0 Å². The van der Waals surface area contributed by atoms with Gasteiger partial charge in [-0.05, 0) is 37.5 Å². The lowest BCUT2D eigenvalue weighted by molar-refractivity contribution is -0.157. The Labute approximate surface area is 137 Å². The Kier molecular flexibility index (Phi) is 7.24. The van der Waals surface area contributed by atoms with E-state index in [4.69, 9.17) is 0 Å². The molecule has 0 atom stereocenters. The molecular formula is C20H36O2. The molecule has 2 fully saturated rings. The van der Waals surface area contributed by atoms with Crippen LogP contribution in [0, 0.1) is 17.3 Å². The molecule has 0 aromatic rings. The van der Waals surface area contributed by atoms with E-state index in [0.29, 0.717) is 5.92 Å². The number of hydrogen-bond acceptors (Lipinski definition) is 1. The number of aliphatic carboxylic acids is 1. The highest BCUT2D eigenvalue weighted by molar-refractivity contribution is 5.75. The highest BCUT2D eigenvalue weighted by Gasteiger charge is 2.46. The molecule has 2 aliphatic carbocycles. The third-order valence-corrected chi connectivity index (χ3v) is 6.52. The number of carbonyl (C=O) groups is 1. The first kappa shape index (κ1) is 17.8. The molecule has 0 spiro atoms. The molecule has 0 heterocycles. The van der Waals surface area contributed by atoms with Gasteiger partial charge in [-0.1, -0.05) is 77.6 Å². The quantitative estimate of drug-likeness (QED) is 0.543. The second kappa shape index (κ2) is 8.93. The first-order valence-electron chi connectivity index (χ1n) is 9.92. The molecule has 2 rings (SSSR count). The van der Waals surface area contributed by atoms with Crippen LogP contribution in [-0.2, 0) is 4.79 Å². The molecule has 0 aromatic carbocycles. The maximum Gasteiger partial charge on any atom is 0.309 e. The van der Waals surface area contributed by atoms with Crippen molar-refractivity contribution >= 4 is 5.97 Å². The molecule has 1 N–H and O–H groups in total. The van der Waals surface area contributed by atoms with E-state index in [-0.39, 0.29) is 5.41 Å². The predicted octanol–water partition coefficient (Wildman–Crippen LogP) is 6.19. The average molecular weight is 309 g/mol. The fourth-order valence-corrected chi connectivity index (χ4v) is 5.02. The van der Waals surface area contributed by atoms with Crippen LogP contribution in [-0.4, -0.2) is 11.1 Å². The zero-order valence-corrected chi connectivity index (χ0v) is 14.6. The molecule has 0 amide bonds. The molecule has 0 unspecified atom stereocenters. The summed E-state index contributed by atoms with van der Waals surface area (Å²) in [7, 11) is 0. The van der Waals surface area contributed by atoms with Crippen molar-refractivity contribution in [3.8, 4) is 0 Å². The van der Waals surface area contributed by atoms with Gasteiger partial charge in [0.2, 0.25) is 0 Å². The van der Waals surface area contributed by atoms with Crippen molar-refractivity contribution in [1.29, 1.82) is 0 Å². The minimum absolute atomic E-state index is 0.357. The lowest BCUT2D eigenvalue weighted by Crippen LogP contribution is -2.42. The standard InChI is InChI=1S/C20H36O2/c1-2-3-4-5-7-10-17-11-13-18(14-12-17)20(19(21)22)15-8-6-9-16-20/h17-18H,2-16H2,1H3,(H,21,22). The monoisotopic (exact) mass is 308 g/mol. The number of rotatable bonds is 8. The summed E-state index contributed by atoms with van der Waals surface area (Å²) in [6, 6.07) is 0. The molecule has 2 saturated carbocycles. The fraction of sp³-hybridized carbons (Fsp3) is 0.950. The number of carboxylic acid groups (broad SMARTS) is 1. The van der Waals surface area contributed by atoms with Crippen LogP contribution in [0.2, 0.25) is 0 Å².